The van der Waals surface area contributed by atoms with E-state index in [0.717, 1.165) is 25.6 Å². The van der Waals surface area contributed by atoms with E-state index in [2.05, 4.69) is 55.3 Å². The number of nitrogens with one attached hydrogen (secondary N) is 1. The van der Waals surface area contributed by atoms with Gasteiger partial charge in [0.2, 0.25) is 0 Å². The number of benzene rings is 1. The van der Waals surface area contributed by atoms with Gasteiger partial charge in [0.25, 0.3) is 0 Å². The smallest absolute Gasteiger partial charge is 0.0236 e. The third-order valence-corrected chi connectivity index (χ3v) is 4.57. The Balaban J connectivity index is 1.83. The Bertz CT molecular complexity index is 397. The van der Waals surface area contributed by atoms with Gasteiger partial charge in [-0.3, -0.25) is 4.90 Å². The Morgan fingerprint density at radius 3 is 2.52 bits per heavy atom. The summed E-state index contributed by atoms with van der Waals surface area (Å²) in [6.45, 7) is 10.2. The average molecular weight is 288 g/mol. The third kappa shape index (κ3) is 5.80. The van der Waals surface area contributed by atoms with Crippen molar-refractivity contribution in [2.45, 2.75) is 71.5 Å². The molecule has 2 nitrogen and oxygen atoms in total. The Morgan fingerprint density at radius 1 is 1.10 bits per heavy atom. The van der Waals surface area contributed by atoms with Gasteiger partial charge in [-0.15, -0.1) is 0 Å². The standard InChI is InChI=1S/C19H32N2/c1-16(2)20-13-12-18-8-10-19(11-9-18)15-21-14-6-4-5-7-17(21)3/h8-11,16-17,20H,4-7,12-15H2,1-3H3. The topological polar surface area (TPSA) is 15.3 Å². The van der Waals surface area contributed by atoms with E-state index in [-0.39, 0.29) is 0 Å². The molecule has 0 amide bonds. The zero-order valence-electron chi connectivity index (χ0n) is 14.1. The number of likely N-dealkylation sites (tertiary alicyclic amines) is 1. The van der Waals surface area contributed by atoms with E-state index < -0.39 is 0 Å². The molecule has 118 valence electrons. The molecule has 0 spiro atoms. The van der Waals surface area contributed by atoms with Crippen molar-refractivity contribution in [3.63, 3.8) is 0 Å². The molecule has 1 saturated heterocycles. The van der Waals surface area contributed by atoms with Gasteiger partial charge in [-0.05, 0) is 50.4 Å². The minimum atomic E-state index is 0.578. The lowest BCUT2D eigenvalue weighted by Gasteiger charge is -2.27. The molecular weight excluding hydrogens is 256 g/mol. The Labute approximate surface area is 130 Å². The van der Waals surface area contributed by atoms with Gasteiger partial charge in [-0.2, -0.15) is 0 Å². The lowest BCUT2D eigenvalue weighted by Crippen LogP contribution is -2.31. The predicted molar refractivity (Wildman–Crippen MR) is 91.6 cm³/mol. The number of rotatable bonds is 6. The average Bonchev–Trinajstić information content (AvgIpc) is 2.66. The molecule has 1 heterocycles. The van der Waals surface area contributed by atoms with Gasteiger partial charge in [-0.25, -0.2) is 0 Å². The molecule has 1 aromatic carbocycles. The maximum atomic E-state index is 3.48. The predicted octanol–water partition coefficient (Wildman–Crippen LogP) is 3.99. The van der Waals surface area contributed by atoms with Gasteiger partial charge >= 0.3 is 0 Å². The van der Waals surface area contributed by atoms with E-state index in [1.165, 1.54) is 43.4 Å². The number of hydrogen-bond acceptors (Lipinski definition) is 2. The van der Waals surface area contributed by atoms with Crippen LogP contribution in [0.3, 0.4) is 0 Å². The second kappa shape index (κ2) is 8.55. The molecule has 0 aliphatic carbocycles. The molecule has 1 fully saturated rings. The van der Waals surface area contributed by atoms with Crippen LogP contribution in [-0.4, -0.2) is 30.1 Å². The van der Waals surface area contributed by atoms with Crippen molar-refractivity contribution in [3.8, 4) is 0 Å². The van der Waals surface area contributed by atoms with Crippen LogP contribution in [0.25, 0.3) is 0 Å². The second-order valence-electron chi connectivity index (χ2n) is 6.84. The van der Waals surface area contributed by atoms with Gasteiger partial charge in [0.1, 0.15) is 0 Å². The van der Waals surface area contributed by atoms with Crippen LogP contribution in [-0.2, 0) is 13.0 Å². The normalized spacial score (nSPS) is 20.7. The number of hydrogen-bond donors (Lipinski definition) is 1. The van der Waals surface area contributed by atoms with Crippen molar-refractivity contribution < 1.29 is 0 Å². The molecule has 2 rings (SSSR count). The monoisotopic (exact) mass is 288 g/mol. The quantitative estimate of drug-likeness (QED) is 0.851. The first-order valence-corrected chi connectivity index (χ1v) is 8.70. The first-order chi connectivity index (χ1) is 10.1. The lowest BCUT2D eigenvalue weighted by atomic mass is 10.1. The van der Waals surface area contributed by atoms with Gasteiger partial charge < -0.3 is 5.32 Å². The molecule has 1 aliphatic rings. The summed E-state index contributed by atoms with van der Waals surface area (Å²) in [6, 6.07) is 10.6. The summed E-state index contributed by atoms with van der Waals surface area (Å²) in [5.74, 6) is 0. The molecule has 0 aromatic heterocycles. The molecule has 1 N–H and O–H groups in total. The molecule has 1 unspecified atom stereocenters. The van der Waals surface area contributed by atoms with E-state index in [4.69, 9.17) is 0 Å². The van der Waals surface area contributed by atoms with Crippen molar-refractivity contribution in [1.82, 2.24) is 10.2 Å². The van der Waals surface area contributed by atoms with Gasteiger partial charge in [0, 0.05) is 18.6 Å². The summed E-state index contributed by atoms with van der Waals surface area (Å²) in [6.07, 6.45) is 6.66. The van der Waals surface area contributed by atoms with Gasteiger partial charge in [-0.1, -0.05) is 51.0 Å². The van der Waals surface area contributed by atoms with Crippen LogP contribution in [0.2, 0.25) is 0 Å². The highest BCUT2D eigenvalue weighted by atomic mass is 15.1. The fraction of sp³-hybridized carbons (Fsp3) is 0.684. The van der Waals surface area contributed by atoms with E-state index in [9.17, 15) is 0 Å². The molecule has 1 atom stereocenters. The highest BCUT2D eigenvalue weighted by Gasteiger charge is 2.16. The first kappa shape index (κ1) is 16.5. The number of nitrogens with zero attached hydrogens (tertiary/aromatic N) is 1. The SMILES string of the molecule is CC(C)NCCc1ccc(CN2CCCCCC2C)cc1. The van der Waals surface area contributed by atoms with E-state index >= 15 is 0 Å². The molecule has 0 saturated carbocycles. The summed E-state index contributed by atoms with van der Waals surface area (Å²) in [7, 11) is 0. The maximum absolute atomic E-state index is 3.48. The fourth-order valence-corrected chi connectivity index (χ4v) is 3.12. The molecule has 1 aliphatic heterocycles. The molecule has 2 heteroatoms. The summed E-state index contributed by atoms with van der Waals surface area (Å²) < 4.78 is 0. The Kier molecular flexibility index (Phi) is 6.72. The van der Waals surface area contributed by atoms with Crippen LogP contribution in [0.4, 0.5) is 0 Å². The molecule has 1 aromatic rings. The van der Waals surface area contributed by atoms with E-state index in [0.29, 0.717) is 6.04 Å². The van der Waals surface area contributed by atoms with Crippen LogP contribution in [0.15, 0.2) is 24.3 Å². The van der Waals surface area contributed by atoms with Crippen LogP contribution in [0.5, 0.6) is 0 Å². The van der Waals surface area contributed by atoms with Gasteiger partial charge in [0.15, 0.2) is 0 Å². The van der Waals surface area contributed by atoms with E-state index in [1.807, 2.05) is 0 Å². The minimum Gasteiger partial charge on any atom is -0.314 e. The van der Waals surface area contributed by atoms with Gasteiger partial charge in [0.05, 0.1) is 0 Å². The summed E-state index contributed by atoms with van der Waals surface area (Å²) in [4.78, 5) is 2.66. The minimum absolute atomic E-state index is 0.578. The van der Waals surface area contributed by atoms with Crippen LogP contribution in [0, 0.1) is 0 Å². The van der Waals surface area contributed by atoms with Crippen molar-refractivity contribution in [3.05, 3.63) is 35.4 Å². The third-order valence-electron chi connectivity index (χ3n) is 4.57. The van der Waals surface area contributed by atoms with Crippen LogP contribution < -0.4 is 5.32 Å². The fourth-order valence-electron chi connectivity index (χ4n) is 3.12. The molecular formula is C19H32N2. The first-order valence-electron chi connectivity index (χ1n) is 8.70. The second-order valence-corrected chi connectivity index (χ2v) is 6.84. The zero-order valence-corrected chi connectivity index (χ0v) is 14.1. The summed E-state index contributed by atoms with van der Waals surface area (Å²) in [5, 5.41) is 3.48. The van der Waals surface area contributed by atoms with E-state index in [1.54, 1.807) is 0 Å². The van der Waals surface area contributed by atoms with Crippen LogP contribution >= 0.6 is 0 Å². The van der Waals surface area contributed by atoms with Crippen molar-refractivity contribution >= 4 is 0 Å². The van der Waals surface area contributed by atoms with Crippen molar-refractivity contribution in [1.29, 1.82) is 0 Å². The maximum Gasteiger partial charge on any atom is 0.0236 e. The van der Waals surface area contributed by atoms with Crippen molar-refractivity contribution in [2.24, 2.45) is 0 Å². The van der Waals surface area contributed by atoms with Crippen molar-refractivity contribution in [2.75, 3.05) is 13.1 Å². The Hall–Kier alpha value is -0.860. The highest BCUT2D eigenvalue weighted by Crippen LogP contribution is 2.19. The summed E-state index contributed by atoms with van der Waals surface area (Å²) in [5.41, 5.74) is 2.90. The lowest BCUT2D eigenvalue weighted by molar-refractivity contribution is 0.205. The molecule has 21 heavy (non-hydrogen) atoms. The summed E-state index contributed by atoms with van der Waals surface area (Å²) >= 11 is 0. The van der Waals surface area contributed by atoms with Crippen LogP contribution in [0.1, 0.15) is 57.6 Å². The largest absolute Gasteiger partial charge is 0.314 e. The Morgan fingerprint density at radius 2 is 1.81 bits per heavy atom. The zero-order chi connectivity index (χ0) is 15.1. The molecule has 0 bridgehead atoms. The molecule has 0 radical (unpaired) electrons. The highest BCUT2D eigenvalue weighted by molar-refractivity contribution is 5.22.